The van der Waals surface area contributed by atoms with E-state index < -0.39 is 0 Å². The fourth-order valence-corrected chi connectivity index (χ4v) is 1.25. The second-order valence-corrected chi connectivity index (χ2v) is 2.79. The first kappa shape index (κ1) is 9.04. The van der Waals surface area contributed by atoms with E-state index in [9.17, 15) is 9.50 Å². The van der Waals surface area contributed by atoms with Gasteiger partial charge in [-0.15, -0.1) is 0 Å². The van der Waals surface area contributed by atoms with Gasteiger partial charge in [-0.1, -0.05) is 13.8 Å². The third-order valence-corrected chi connectivity index (χ3v) is 1.97. The molecule has 2 heteroatoms. The number of aromatic hydroxyl groups is 1. The van der Waals surface area contributed by atoms with E-state index in [-0.39, 0.29) is 11.6 Å². The third-order valence-electron chi connectivity index (χ3n) is 1.97. The molecule has 1 nitrogen and oxygen atoms in total. The summed E-state index contributed by atoms with van der Waals surface area (Å²) in [5.74, 6) is -0.0112. The van der Waals surface area contributed by atoms with Gasteiger partial charge < -0.3 is 5.11 Å². The Morgan fingerprint density at radius 2 is 1.58 bits per heavy atom. The van der Waals surface area contributed by atoms with Gasteiger partial charge in [0.2, 0.25) is 0 Å². The predicted molar refractivity (Wildman–Crippen MR) is 46.8 cm³/mol. The number of rotatable bonds is 2. The average Bonchev–Trinajstić information content (AvgIpc) is 2.08. The summed E-state index contributed by atoms with van der Waals surface area (Å²) in [6.45, 7) is 3.74. The lowest BCUT2D eigenvalue weighted by molar-refractivity contribution is 0.469. The minimum Gasteiger partial charge on any atom is -0.508 e. The molecule has 0 bridgehead atoms. The Kier molecular flexibility index (Phi) is 2.69. The van der Waals surface area contributed by atoms with Gasteiger partial charge in [-0.25, -0.2) is 4.39 Å². The fraction of sp³-hybridized carbons (Fsp3) is 0.400. The van der Waals surface area contributed by atoms with E-state index in [0.29, 0.717) is 24.0 Å². The summed E-state index contributed by atoms with van der Waals surface area (Å²) in [5.41, 5.74) is 1.18. The molecule has 0 saturated heterocycles. The first-order valence-electron chi connectivity index (χ1n) is 4.19. The highest BCUT2D eigenvalue weighted by Crippen LogP contribution is 2.21. The molecule has 1 N–H and O–H groups in total. The van der Waals surface area contributed by atoms with Crippen LogP contribution in [0.1, 0.15) is 25.0 Å². The van der Waals surface area contributed by atoms with Crippen LogP contribution < -0.4 is 0 Å². The Morgan fingerprint density at radius 3 is 1.92 bits per heavy atom. The highest BCUT2D eigenvalue weighted by molar-refractivity contribution is 5.35. The molecule has 1 aromatic carbocycles. The zero-order valence-electron chi connectivity index (χ0n) is 7.39. The monoisotopic (exact) mass is 168 g/mol. The van der Waals surface area contributed by atoms with E-state index in [4.69, 9.17) is 0 Å². The van der Waals surface area contributed by atoms with Crippen LogP contribution in [0.4, 0.5) is 4.39 Å². The lowest BCUT2D eigenvalue weighted by Crippen LogP contribution is -1.94. The molecule has 0 spiro atoms. The van der Waals surface area contributed by atoms with Crippen molar-refractivity contribution in [2.75, 3.05) is 0 Å². The van der Waals surface area contributed by atoms with Crippen LogP contribution in [0.15, 0.2) is 12.1 Å². The number of benzene rings is 1. The maximum absolute atomic E-state index is 13.3. The number of phenolic OH excluding ortho intramolecular Hbond substituents is 1. The summed E-state index contributed by atoms with van der Waals surface area (Å²) in [6.07, 6.45) is 1.24. The highest BCUT2D eigenvalue weighted by atomic mass is 19.1. The lowest BCUT2D eigenvalue weighted by Gasteiger charge is -2.05. The molecule has 0 heterocycles. The quantitative estimate of drug-likeness (QED) is 0.719. The summed E-state index contributed by atoms with van der Waals surface area (Å²) in [5, 5.41) is 9.21. The summed E-state index contributed by atoms with van der Waals surface area (Å²) >= 11 is 0. The van der Waals surface area contributed by atoms with E-state index in [0.717, 1.165) is 0 Å². The van der Waals surface area contributed by atoms with Crippen molar-refractivity contribution in [2.24, 2.45) is 0 Å². The minimum atomic E-state index is -0.169. The number of phenols is 1. The van der Waals surface area contributed by atoms with Gasteiger partial charge in [-0.05, 0) is 36.1 Å². The molecule has 0 saturated carbocycles. The number of halogens is 1. The summed E-state index contributed by atoms with van der Waals surface area (Å²) in [6, 6.07) is 2.96. The molecule has 0 aliphatic carbocycles. The van der Waals surface area contributed by atoms with Crippen molar-refractivity contribution in [3.05, 3.63) is 29.1 Å². The second-order valence-electron chi connectivity index (χ2n) is 2.79. The normalized spacial score (nSPS) is 10.2. The first-order valence-corrected chi connectivity index (χ1v) is 4.19. The Bertz CT molecular complexity index is 256. The van der Waals surface area contributed by atoms with Gasteiger partial charge in [0.25, 0.3) is 0 Å². The van der Waals surface area contributed by atoms with Gasteiger partial charge in [0, 0.05) is 0 Å². The zero-order chi connectivity index (χ0) is 9.14. The van der Waals surface area contributed by atoms with Gasteiger partial charge in [0.15, 0.2) is 0 Å². The maximum atomic E-state index is 13.3. The molecule has 0 radical (unpaired) electrons. The Balaban J connectivity index is 3.22. The van der Waals surface area contributed by atoms with E-state index >= 15 is 0 Å². The van der Waals surface area contributed by atoms with Crippen molar-refractivity contribution < 1.29 is 9.50 Å². The van der Waals surface area contributed by atoms with E-state index in [2.05, 4.69) is 0 Å². The molecule has 0 aliphatic heterocycles. The highest BCUT2D eigenvalue weighted by Gasteiger charge is 2.06. The van der Waals surface area contributed by atoms with E-state index in [1.807, 2.05) is 13.8 Å². The second kappa shape index (κ2) is 3.57. The maximum Gasteiger partial charge on any atom is 0.129 e. The van der Waals surface area contributed by atoms with Gasteiger partial charge in [-0.2, -0.15) is 0 Å². The van der Waals surface area contributed by atoms with Crippen LogP contribution >= 0.6 is 0 Å². The minimum absolute atomic E-state index is 0.158. The summed E-state index contributed by atoms with van der Waals surface area (Å²) in [7, 11) is 0. The van der Waals surface area contributed by atoms with Crippen molar-refractivity contribution in [1.29, 1.82) is 0 Å². The van der Waals surface area contributed by atoms with Crippen LogP contribution in [-0.4, -0.2) is 5.11 Å². The standard InChI is InChI=1S/C10H13FO/c1-3-7-5-9(12)6-8(4-2)10(7)11/h5-6,12H,3-4H2,1-2H3. The van der Waals surface area contributed by atoms with Crippen LogP contribution in [0.2, 0.25) is 0 Å². The molecule has 0 aromatic heterocycles. The smallest absolute Gasteiger partial charge is 0.129 e. The van der Waals surface area contributed by atoms with Gasteiger partial charge in [0.1, 0.15) is 11.6 Å². The SMILES string of the molecule is CCc1cc(O)cc(CC)c1F. The van der Waals surface area contributed by atoms with Gasteiger partial charge in [0.05, 0.1) is 0 Å². The lowest BCUT2D eigenvalue weighted by atomic mass is 10.1. The topological polar surface area (TPSA) is 20.2 Å². The largest absolute Gasteiger partial charge is 0.508 e. The number of aryl methyl sites for hydroxylation is 2. The van der Waals surface area contributed by atoms with E-state index in [1.54, 1.807) is 0 Å². The van der Waals surface area contributed by atoms with Crippen molar-refractivity contribution in [3.63, 3.8) is 0 Å². The molecular formula is C10H13FO. The molecule has 1 aromatic rings. The van der Waals surface area contributed by atoms with Crippen molar-refractivity contribution in [1.82, 2.24) is 0 Å². The van der Waals surface area contributed by atoms with Crippen LogP contribution in [0.25, 0.3) is 0 Å². The molecular weight excluding hydrogens is 155 g/mol. The van der Waals surface area contributed by atoms with Crippen LogP contribution in [0, 0.1) is 5.82 Å². The first-order chi connectivity index (χ1) is 5.69. The van der Waals surface area contributed by atoms with Crippen molar-refractivity contribution in [2.45, 2.75) is 26.7 Å². The molecule has 1 rings (SSSR count). The van der Waals surface area contributed by atoms with Crippen LogP contribution in [0.5, 0.6) is 5.75 Å². The van der Waals surface area contributed by atoms with Gasteiger partial charge >= 0.3 is 0 Å². The van der Waals surface area contributed by atoms with Crippen molar-refractivity contribution in [3.8, 4) is 5.75 Å². The average molecular weight is 168 g/mol. The fourth-order valence-electron chi connectivity index (χ4n) is 1.25. The Labute approximate surface area is 71.9 Å². The molecule has 0 aliphatic rings. The van der Waals surface area contributed by atoms with Crippen molar-refractivity contribution >= 4 is 0 Å². The third kappa shape index (κ3) is 1.58. The van der Waals surface area contributed by atoms with Crippen LogP contribution in [0.3, 0.4) is 0 Å². The Morgan fingerprint density at radius 1 is 1.17 bits per heavy atom. The molecule has 0 amide bonds. The summed E-state index contributed by atoms with van der Waals surface area (Å²) < 4.78 is 13.3. The zero-order valence-corrected chi connectivity index (χ0v) is 7.39. The van der Waals surface area contributed by atoms with Gasteiger partial charge in [-0.3, -0.25) is 0 Å². The number of hydrogen-bond acceptors (Lipinski definition) is 1. The molecule has 0 unspecified atom stereocenters. The number of hydrogen-bond donors (Lipinski definition) is 1. The Hall–Kier alpha value is -1.05. The van der Waals surface area contributed by atoms with Crippen LogP contribution in [-0.2, 0) is 12.8 Å². The predicted octanol–water partition coefficient (Wildman–Crippen LogP) is 2.66. The molecule has 0 atom stereocenters. The molecule has 66 valence electrons. The molecule has 12 heavy (non-hydrogen) atoms. The van der Waals surface area contributed by atoms with E-state index in [1.165, 1.54) is 12.1 Å². The summed E-state index contributed by atoms with van der Waals surface area (Å²) in [4.78, 5) is 0. The molecule has 0 fully saturated rings.